The molecule has 1 heterocycles. The molecule has 0 bridgehead atoms. The Morgan fingerprint density at radius 1 is 1.04 bits per heavy atom. The first-order valence-electron chi connectivity index (χ1n) is 9.25. The molecule has 1 N–H and O–H groups in total. The van der Waals surface area contributed by atoms with E-state index in [1.807, 2.05) is 4.90 Å². The summed E-state index contributed by atoms with van der Waals surface area (Å²) in [6.07, 6.45) is 8.62. The summed E-state index contributed by atoms with van der Waals surface area (Å²) in [5.74, 6) is -1.76. The van der Waals surface area contributed by atoms with E-state index in [0.717, 1.165) is 64.5 Å². The van der Waals surface area contributed by atoms with Gasteiger partial charge in [-0.1, -0.05) is 46.0 Å². The number of esters is 1. The first-order valence-corrected chi connectivity index (χ1v) is 9.25. The summed E-state index contributed by atoms with van der Waals surface area (Å²) in [7, 11) is 0. The van der Waals surface area contributed by atoms with Gasteiger partial charge in [0.25, 0.3) is 0 Å². The molecule has 5 nitrogen and oxygen atoms in total. The summed E-state index contributed by atoms with van der Waals surface area (Å²) in [6.45, 7) is 6.14. The Morgan fingerprint density at radius 2 is 1.70 bits per heavy atom. The van der Waals surface area contributed by atoms with Crippen LogP contribution >= 0.6 is 0 Å². The van der Waals surface area contributed by atoms with Crippen LogP contribution in [0, 0.1) is 5.92 Å². The Bertz CT molecular complexity index is 353. The van der Waals surface area contributed by atoms with Gasteiger partial charge >= 0.3 is 11.9 Å². The number of carboxylic acid groups (broad SMARTS) is 1. The lowest BCUT2D eigenvalue weighted by atomic mass is 9.92. The number of unbranched alkanes of at least 4 members (excludes halogenated alkanes) is 4. The predicted octanol–water partition coefficient (Wildman–Crippen LogP) is 3.47. The highest BCUT2D eigenvalue weighted by Gasteiger charge is 2.39. The molecule has 23 heavy (non-hydrogen) atoms. The third-order valence-electron chi connectivity index (χ3n) is 4.58. The van der Waals surface area contributed by atoms with Crippen molar-refractivity contribution in [2.24, 2.45) is 5.92 Å². The SMILES string of the molecule is CCCCCCOC(=O)C(CCCC)C(C(=O)O)N1CCCC1. The molecule has 0 aliphatic carbocycles. The summed E-state index contributed by atoms with van der Waals surface area (Å²) >= 11 is 0. The Balaban J connectivity index is 2.63. The zero-order chi connectivity index (χ0) is 17.1. The molecule has 0 spiro atoms. The average molecular weight is 327 g/mol. The van der Waals surface area contributed by atoms with Crippen LogP contribution in [0.2, 0.25) is 0 Å². The third-order valence-corrected chi connectivity index (χ3v) is 4.58. The van der Waals surface area contributed by atoms with Crippen LogP contribution in [0.15, 0.2) is 0 Å². The monoisotopic (exact) mass is 327 g/mol. The fraction of sp³-hybridized carbons (Fsp3) is 0.889. The molecule has 0 amide bonds. The van der Waals surface area contributed by atoms with Crippen LogP contribution < -0.4 is 0 Å². The fourth-order valence-electron chi connectivity index (χ4n) is 3.24. The van der Waals surface area contributed by atoms with Crippen molar-refractivity contribution in [3.8, 4) is 0 Å². The van der Waals surface area contributed by atoms with Crippen LogP contribution in [0.5, 0.6) is 0 Å². The van der Waals surface area contributed by atoms with Crippen molar-refractivity contribution in [3.05, 3.63) is 0 Å². The van der Waals surface area contributed by atoms with Gasteiger partial charge in [0, 0.05) is 0 Å². The Morgan fingerprint density at radius 3 is 2.26 bits per heavy atom. The van der Waals surface area contributed by atoms with Gasteiger partial charge in [-0.25, -0.2) is 0 Å². The molecule has 0 aromatic rings. The molecular formula is C18H33NO4. The third kappa shape index (κ3) is 6.90. The van der Waals surface area contributed by atoms with E-state index in [9.17, 15) is 14.7 Å². The van der Waals surface area contributed by atoms with E-state index in [4.69, 9.17) is 4.74 Å². The van der Waals surface area contributed by atoms with Crippen molar-refractivity contribution >= 4 is 11.9 Å². The van der Waals surface area contributed by atoms with Crippen molar-refractivity contribution in [1.82, 2.24) is 4.90 Å². The van der Waals surface area contributed by atoms with Crippen molar-refractivity contribution in [3.63, 3.8) is 0 Å². The highest BCUT2D eigenvalue weighted by Crippen LogP contribution is 2.24. The summed E-state index contributed by atoms with van der Waals surface area (Å²) in [6, 6.07) is -0.729. The number of hydrogen-bond donors (Lipinski definition) is 1. The second-order valence-corrected chi connectivity index (χ2v) is 6.50. The van der Waals surface area contributed by atoms with Gasteiger partial charge in [-0.05, 0) is 38.8 Å². The van der Waals surface area contributed by atoms with Gasteiger partial charge in [-0.15, -0.1) is 0 Å². The average Bonchev–Trinajstić information content (AvgIpc) is 3.04. The molecule has 0 aromatic heterocycles. The Labute approximate surface area is 140 Å². The molecule has 1 saturated heterocycles. The minimum atomic E-state index is -0.893. The lowest BCUT2D eigenvalue weighted by molar-refractivity contribution is -0.159. The number of rotatable bonds is 12. The molecule has 0 radical (unpaired) electrons. The van der Waals surface area contributed by atoms with Gasteiger partial charge < -0.3 is 9.84 Å². The van der Waals surface area contributed by atoms with E-state index in [2.05, 4.69) is 13.8 Å². The number of carboxylic acids is 1. The highest BCUT2D eigenvalue weighted by molar-refractivity contribution is 5.83. The highest BCUT2D eigenvalue weighted by atomic mass is 16.5. The van der Waals surface area contributed by atoms with Crippen molar-refractivity contribution < 1.29 is 19.4 Å². The maximum Gasteiger partial charge on any atom is 0.321 e. The standard InChI is InChI=1S/C18H33NO4/c1-3-5-7-10-14-23-18(22)15(11-6-4-2)16(17(20)21)19-12-8-9-13-19/h15-16H,3-14H2,1-2H3,(H,20,21). The van der Waals surface area contributed by atoms with Crippen LogP contribution in [0.3, 0.4) is 0 Å². The van der Waals surface area contributed by atoms with Gasteiger partial charge in [0.1, 0.15) is 6.04 Å². The van der Waals surface area contributed by atoms with Crippen LogP contribution in [-0.4, -0.2) is 47.7 Å². The molecule has 0 saturated carbocycles. The Kier molecular flexibility index (Phi) is 9.92. The number of carbonyl (C=O) groups is 2. The zero-order valence-electron chi connectivity index (χ0n) is 14.8. The number of hydrogen-bond acceptors (Lipinski definition) is 4. The van der Waals surface area contributed by atoms with Gasteiger partial charge in [0.05, 0.1) is 12.5 Å². The second-order valence-electron chi connectivity index (χ2n) is 6.50. The minimum Gasteiger partial charge on any atom is -0.480 e. The minimum absolute atomic E-state index is 0.325. The van der Waals surface area contributed by atoms with E-state index >= 15 is 0 Å². The van der Waals surface area contributed by atoms with E-state index in [0.29, 0.717) is 13.0 Å². The number of aliphatic carboxylic acids is 1. The molecule has 0 aromatic carbocycles. The molecule has 1 rings (SSSR count). The number of nitrogens with zero attached hydrogens (tertiary/aromatic N) is 1. The summed E-state index contributed by atoms with van der Waals surface area (Å²) in [5, 5.41) is 9.64. The molecule has 2 unspecified atom stereocenters. The lowest BCUT2D eigenvalue weighted by Gasteiger charge is -2.30. The normalized spacial score (nSPS) is 17.8. The first kappa shape index (κ1) is 19.9. The largest absolute Gasteiger partial charge is 0.480 e. The van der Waals surface area contributed by atoms with Crippen LogP contribution in [-0.2, 0) is 14.3 Å². The summed E-state index contributed by atoms with van der Waals surface area (Å²) in [5.41, 5.74) is 0. The molecule has 1 fully saturated rings. The van der Waals surface area contributed by atoms with Crippen LogP contribution in [0.4, 0.5) is 0 Å². The van der Waals surface area contributed by atoms with Gasteiger partial charge in [-0.2, -0.15) is 0 Å². The van der Waals surface area contributed by atoms with Crippen LogP contribution in [0.1, 0.15) is 71.6 Å². The quantitative estimate of drug-likeness (QED) is 0.439. The van der Waals surface area contributed by atoms with Crippen molar-refractivity contribution in [2.45, 2.75) is 77.7 Å². The number of ether oxygens (including phenoxy) is 1. The predicted molar refractivity (Wildman–Crippen MR) is 90.3 cm³/mol. The number of likely N-dealkylation sites (tertiary alicyclic amines) is 1. The summed E-state index contributed by atoms with van der Waals surface area (Å²) in [4.78, 5) is 26.2. The topological polar surface area (TPSA) is 66.8 Å². The number of carbonyl (C=O) groups excluding carboxylic acids is 1. The van der Waals surface area contributed by atoms with E-state index in [-0.39, 0.29) is 5.97 Å². The molecule has 1 aliphatic heterocycles. The molecule has 1 aliphatic rings. The Hall–Kier alpha value is -1.10. The fourth-order valence-corrected chi connectivity index (χ4v) is 3.24. The molecule has 134 valence electrons. The van der Waals surface area contributed by atoms with E-state index < -0.39 is 17.9 Å². The van der Waals surface area contributed by atoms with Crippen molar-refractivity contribution in [1.29, 1.82) is 0 Å². The maximum atomic E-state index is 12.5. The van der Waals surface area contributed by atoms with Gasteiger partial charge in [-0.3, -0.25) is 14.5 Å². The van der Waals surface area contributed by atoms with E-state index in [1.165, 1.54) is 0 Å². The smallest absolute Gasteiger partial charge is 0.321 e. The van der Waals surface area contributed by atoms with Gasteiger partial charge in [0.2, 0.25) is 0 Å². The van der Waals surface area contributed by atoms with E-state index in [1.54, 1.807) is 0 Å². The molecule has 5 heteroatoms. The van der Waals surface area contributed by atoms with Gasteiger partial charge in [0.15, 0.2) is 0 Å². The summed E-state index contributed by atoms with van der Waals surface area (Å²) < 4.78 is 5.41. The second kappa shape index (κ2) is 11.4. The molecule has 2 atom stereocenters. The lowest BCUT2D eigenvalue weighted by Crippen LogP contribution is -2.48. The zero-order valence-corrected chi connectivity index (χ0v) is 14.8. The maximum absolute atomic E-state index is 12.5. The molecular weight excluding hydrogens is 294 g/mol. The van der Waals surface area contributed by atoms with Crippen LogP contribution in [0.25, 0.3) is 0 Å². The first-order chi connectivity index (χ1) is 11.1. The van der Waals surface area contributed by atoms with Crippen molar-refractivity contribution in [2.75, 3.05) is 19.7 Å².